The highest BCUT2D eigenvalue weighted by Crippen LogP contribution is 2.28. The minimum atomic E-state index is -0.904. The molecule has 0 fully saturated rings. The minimum absolute atomic E-state index is 0.112. The Bertz CT molecular complexity index is 453. The molecule has 0 aliphatic heterocycles. The predicted octanol–water partition coefficient (Wildman–Crippen LogP) is 5.61. The van der Waals surface area contributed by atoms with Crippen LogP contribution < -0.4 is 0 Å². The first-order valence-corrected chi connectivity index (χ1v) is 10.4. The fourth-order valence-corrected chi connectivity index (χ4v) is 3.54. The maximum atomic E-state index is 12.5. The van der Waals surface area contributed by atoms with Gasteiger partial charge in [-0.25, -0.2) is 0 Å². The molecule has 0 heterocycles. The van der Waals surface area contributed by atoms with Crippen molar-refractivity contribution in [3.63, 3.8) is 0 Å². The van der Waals surface area contributed by atoms with E-state index < -0.39 is 17.8 Å². The average molecular weight is 367 g/mol. The molecule has 1 aliphatic carbocycles. The van der Waals surface area contributed by atoms with Crippen molar-refractivity contribution < 1.29 is 19.4 Å². The number of unbranched alkanes of at least 4 members (excludes halogenated alkanes) is 4. The molecule has 26 heavy (non-hydrogen) atoms. The lowest BCUT2D eigenvalue weighted by molar-refractivity contribution is -0.164. The quantitative estimate of drug-likeness (QED) is 0.277. The van der Waals surface area contributed by atoms with Crippen LogP contribution in [-0.4, -0.2) is 23.1 Å². The molecule has 0 aromatic carbocycles. The highest BCUT2D eigenvalue weighted by Gasteiger charge is 2.36. The molecule has 3 atom stereocenters. The maximum Gasteiger partial charge on any atom is 0.310 e. The van der Waals surface area contributed by atoms with E-state index in [1.165, 1.54) is 32.1 Å². The first-order chi connectivity index (χ1) is 12.3. The summed E-state index contributed by atoms with van der Waals surface area (Å²) in [7, 11) is 0. The van der Waals surface area contributed by atoms with E-state index in [0.717, 1.165) is 18.8 Å². The third kappa shape index (κ3) is 8.37. The second-order valence-corrected chi connectivity index (χ2v) is 8.45. The van der Waals surface area contributed by atoms with Crippen molar-refractivity contribution in [3.8, 4) is 0 Å². The zero-order valence-electron chi connectivity index (χ0n) is 17.1. The smallest absolute Gasteiger partial charge is 0.310 e. The van der Waals surface area contributed by atoms with E-state index in [4.69, 9.17) is 4.74 Å². The number of hydrogen-bond acceptors (Lipinski definition) is 3. The molecule has 0 saturated heterocycles. The number of rotatable bonds is 12. The molecule has 0 radical (unpaired) electrons. The molecule has 3 unspecified atom stereocenters. The van der Waals surface area contributed by atoms with E-state index in [0.29, 0.717) is 12.8 Å². The van der Waals surface area contributed by atoms with Gasteiger partial charge >= 0.3 is 11.9 Å². The first kappa shape index (κ1) is 22.7. The molecule has 0 saturated carbocycles. The average Bonchev–Trinajstić information content (AvgIpc) is 2.59. The fourth-order valence-electron chi connectivity index (χ4n) is 3.54. The maximum absolute atomic E-state index is 12.5. The highest BCUT2D eigenvalue weighted by atomic mass is 16.5. The summed E-state index contributed by atoms with van der Waals surface area (Å²) in [5.41, 5.74) is 0. The number of carboxylic acids is 1. The van der Waals surface area contributed by atoms with Gasteiger partial charge in [-0.05, 0) is 37.5 Å². The van der Waals surface area contributed by atoms with Gasteiger partial charge < -0.3 is 9.84 Å². The number of aliphatic carboxylic acids is 1. The van der Waals surface area contributed by atoms with Crippen LogP contribution in [0.3, 0.4) is 0 Å². The van der Waals surface area contributed by atoms with Gasteiger partial charge in [-0.1, -0.05) is 72.0 Å². The predicted molar refractivity (Wildman–Crippen MR) is 105 cm³/mol. The molecule has 150 valence electrons. The van der Waals surface area contributed by atoms with Gasteiger partial charge in [0.15, 0.2) is 0 Å². The van der Waals surface area contributed by atoms with Crippen LogP contribution in [0, 0.1) is 23.7 Å². The monoisotopic (exact) mass is 366 g/mol. The number of ether oxygens (including phenoxy) is 1. The standard InChI is InChI=1S/C22H38O4/c1-16(2)12-8-6-5-7-9-15-20(17(3)4)26-22(25)19-14-11-10-13-18(19)21(23)24/h10-11,16-20H,5-9,12-15H2,1-4H3,(H,23,24). The molecule has 0 aromatic rings. The Labute approximate surface area is 159 Å². The van der Waals surface area contributed by atoms with E-state index in [-0.39, 0.29) is 18.0 Å². The SMILES string of the molecule is CC(C)CCCCCCCC(OC(=O)C1CC=CCC1C(=O)O)C(C)C. The number of carbonyl (C=O) groups is 2. The largest absolute Gasteiger partial charge is 0.481 e. The zero-order valence-corrected chi connectivity index (χ0v) is 17.1. The Morgan fingerprint density at radius 3 is 2.00 bits per heavy atom. The first-order valence-electron chi connectivity index (χ1n) is 10.4. The van der Waals surface area contributed by atoms with Crippen LogP contribution in [0.1, 0.15) is 85.5 Å². The van der Waals surface area contributed by atoms with Crippen molar-refractivity contribution in [1.82, 2.24) is 0 Å². The molecule has 0 amide bonds. The van der Waals surface area contributed by atoms with Crippen LogP contribution in [-0.2, 0) is 14.3 Å². The lowest BCUT2D eigenvalue weighted by atomic mass is 9.83. The topological polar surface area (TPSA) is 63.6 Å². The van der Waals surface area contributed by atoms with Gasteiger partial charge in [0.2, 0.25) is 0 Å². The molecule has 1 rings (SSSR count). The lowest BCUT2D eigenvalue weighted by Gasteiger charge is -2.28. The van der Waals surface area contributed by atoms with Crippen LogP contribution in [0.2, 0.25) is 0 Å². The Hall–Kier alpha value is -1.32. The summed E-state index contributed by atoms with van der Waals surface area (Å²) in [4.78, 5) is 23.9. The second kappa shape index (κ2) is 12.1. The van der Waals surface area contributed by atoms with Crippen molar-refractivity contribution in [2.24, 2.45) is 23.7 Å². The van der Waals surface area contributed by atoms with E-state index in [2.05, 4.69) is 27.7 Å². The Morgan fingerprint density at radius 2 is 1.46 bits per heavy atom. The summed E-state index contributed by atoms with van der Waals surface area (Å²) in [5, 5.41) is 9.34. The molecule has 4 nitrogen and oxygen atoms in total. The van der Waals surface area contributed by atoms with Gasteiger partial charge in [0.25, 0.3) is 0 Å². The van der Waals surface area contributed by atoms with Crippen molar-refractivity contribution in [2.75, 3.05) is 0 Å². The summed E-state index contributed by atoms with van der Waals surface area (Å²) >= 11 is 0. The lowest BCUT2D eigenvalue weighted by Crippen LogP contribution is -2.35. The van der Waals surface area contributed by atoms with Crippen molar-refractivity contribution in [3.05, 3.63) is 12.2 Å². The van der Waals surface area contributed by atoms with Crippen LogP contribution in [0.15, 0.2) is 12.2 Å². The van der Waals surface area contributed by atoms with Crippen LogP contribution in [0.5, 0.6) is 0 Å². The molecular formula is C22H38O4. The minimum Gasteiger partial charge on any atom is -0.481 e. The van der Waals surface area contributed by atoms with Gasteiger partial charge in [-0.2, -0.15) is 0 Å². The number of hydrogen-bond donors (Lipinski definition) is 1. The molecule has 0 aromatic heterocycles. The van der Waals surface area contributed by atoms with Crippen LogP contribution >= 0.6 is 0 Å². The second-order valence-electron chi connectivity index (χ2n) is 8.45. The Morgan fingerprint density at radius 1 is 0.923 bits per heavy atom. The Kier molecular flexibility index (Phi) is 10.6. The molecule has 0 bridgehead atoms. The van der Waals surface area contributed by atoms with Gasteiger partial charge in [0, 0.05) is 0 Å². The van der Waals surface area contributed by atoms with Crippen molar-refractivity contribution in [2.45, 2.75) is 91.6 Å². The van der Waals surface area contributed by atoms with Gasteiger partial charge in [-0.15, -0.1) is 0 Å². The van der Waals surface area contributed by atoms with Crippen molar-refractivity contribution in [1.29, 1.82) is 0 Å². The third-order valence-electron chi connectivity index (χ3n) is 5.33. The van der Waals surface area contributed by atoms with Gasteiger partial charge in [0.1, 0.15) is 6.10 Å². The molecule has 4 heteroatoms. The third-order valence-corrected chi connectivity index (χ3v) is 5.33. The highest BCUT2D eigenvalue weighted by molar-refractivity contribution is 5.81. The summed E-state index contributed by atoms with van der Waals surface area (Å²) in [5.74, 6) is -1.40. The van der Waals surface area contributed by atoms with Gasteiger partial charge in [0.05, 0.1) is 11.8 Å². The molecular weight excluding hydrogens is 328 g/mol. The van der Waals surface area contributed by atoms with E-state index >= 15 is 0 Å². The normalized spacial score (nSPS) is 21.2. The van der Waals surface area contributed by atoms with Crippen molar-refractivity contribution >= 4 is 11.9 Å². The van der Waals surface area contributed by atoms with E-state index in [1.54, 1.807) is 0 Å². The number of allylic oxidation sites excluding steroid dienone is 2. The summed E-state index contributed by atoms with van der Waals surface area (Å²) in [6.07, 6.45) is 12.7. The fraction of sp³-hybridized carbons (Fsp3) is 0.818. The number of esters is 1. The van der Waals surface area contributed by atoms with E-state index in [1.807, 2.05) is 12.2 Å². The molecule has 1 aliphatic rings. The van der Waals surface area contributed by atoms with Crippen LogP contribution in [0.25, 0.3) is 0 Å². The number of carbonyl (C=O) groups excluding carboxylic acids is 1. The van der Waals surface area contributed by atoms with Gasteiger partial charge in [-0.3, -0.25) is 9.59 Å². The molecule has 0 spiro atoms. The summed E-state index contributed by atoms with van der Waals surface area (Å²) in [6.45, 7) is 8.66. The number of carboxylic acid groups (broad SMARTS) is 1. The zero-order chi connectivity index (χ0) is 19.5. The van der Waals surface area contributed by atoms with Crippen LogP contribution in [0.4, 0.5) is 0 Å². The summed E-state index contributed by atoms with van der Waals surface area (Å²) in [6, 6.07) is 0. The Balaban J connectivity index is 2.38. The summed E-state index contributed by atoms with van der Waals surface area (Å²) < 4.78 is 5.75. The van der Waals surface area contributed by atoms with E-state index in [9.17, 15) is 14.7 Å². The molecule has 1 N–H and O–H groups in total.